The van der Waals surface area contributed by atoms with Gasteiger partial charge in [0.15, 0.2) is 0 Å². The number of aliphatic carboxylic acids is 1. The Morgan fingerprint density at radius 2 is 2.15 bits per heavy atom. The molecule has 1 N–H and O–H groups in total. The molecule has 1 aliphatic carbocycles. The maximum atomic E-state index is 11.3. The lowest BCUT2D eigenvalue weighted by Crippen LogP contribution is -2.26. The number of ether oxygens (including phenoxy) is 1. The van der Waals surface area contributed by atoms with E-state index in [1.807, 2.05) is 0 Å². The van der Waals surface area contributed by atoms with Crippen molar-refractivity contribution in [3.05, 3.63) is 0 Å². The van der Waals surface area contributed by atoms with E-state index in [9.17, 15) is 9.59 Å². The fourth-order valence-corrected chi connectivity index (χ4v) is 1.88. The van der Waals surface area contributed by atoms with Gasteiger partial charge < -0.3 is 9.84 Å². The third-order valence-electron chi connectivity index (χ3n) is 2.77. The first-order valence-electron chi connectivity index (χ1n) is 4.31. The molecule has 2 atom stereocenters. The maximum absolute atomic E-state index is 11.3. The van der Waals surface area contributed by atoms with Gasteiger partial charge in [0.05, 0.1) is 18.4 Å². The standard InChI is InChI=1S/C9H14O4/c1-9(8(12)13-2)4-3-6(5-9)7(10)11/h6H,3-5H2,1-2H3,(H,10,11)/t6-,9+/m1/s1. The summed E-state index contributed by atoms with van der Waals surface area (Å²) in [4.78, 5) is 21.9. The Bertz CT molecular complexity index is 236. The van der Waals surface area contributed by atoms with Gasteiger partial charge in [0.2, 0.25) is 0 Å². The summed E-state index contributed by atoms with van der Waals surface area (Å²) in [6, 6.07) is 0. The molecule has 0 spiro atoms. The van der Waals surface area contributed by atoms with E-state index >= 15 is 0 Å². The molecule has 4 heteroatoms. The van der Waals surface area contributed by atoms with Gasteiger partial charge in [0, 0.05) is 0 Å². The Labute approximate surface area is 76.9 Å². The van der Waals surface area contributed by atoms with Gasteiger partial charge in [-0.25, -0.2) is 0 Å². The van der Waals surface area contributed by atoms with Crippen molar-refractivity contribution in [1.29, 1.82) is 0 Å². The normalized spacial score (nSPS) is 32.9. The first-order valence-corrected chi connectivity index (χ1v) is 4.31. The second kappa shape index (κ2) is 3.36. The Hall–Kier alpha value is -1.06. The zero-order chi connectivity index (χ0) is 10.1. The molecule has 0 saturated heterocycles. The molecule has 1 aliphatic rings. The number of methoxy groups -OCH3 is 1. The molecule has 0 amide bonds. The van der Waals surface area contributed by atoms with Crippen molar-refractivity contribution in [2.75, 3.05) is 7.11 Å². The summed E-state index contributed by atoms with van der Waals surface area (Å²) in [5.74, 6) is -1.49. The lowest BCUT2D eigenvalue weighted by Gasteiger charge is -2.19. The number of esters is 1. The van der Waals surface area contributed by atoms with Crippen LogP contribution in [0.25, 0.3) is 0 Å². The van der Waals surface area contributed by atoms with Crippen molar-refractivity contribution in [3.63, 3.8) is 0 Å². The fourth-order valence-electron chi connectivity index (χ4n) is 1.88. The summed E-state index contributed by atoms with van der Waals surface area (Å²) in [6.45, 7) is 1.77. The van der Waals surface area contributed by atoms with Crippen LogP contribution in [-0.2, 0) is 14.3 Å². The highest BCUT2D eigenvalue weighted by Crippen LogP contribution is 2.42. The summed E-state index contributed by atoms with van der Waals surface area (Å²) < 4.78 is 4.63. The van der Waals surface area contributed by atoms with E-state index in [2.05, 4.69) is 4.74 Å². The van der Waals surface area contributed by atoms with E-state index in [0.717, 1.165) is 0 Å². The van der Waals surface area contributed by atoms with Crippen molar-refractivity contribution in [2.24, 2.45) is 11.3 Å². The third kappa shape index (κ3) is 1.82. The predicted octanol–water partition coefficient (Wildman–Crippen LogP) is 1.05. The molecule has 0 aromatic rings. The van der Waals surface area contributed by atoms with Crippen molar-refractivity contribution < 1.29 is 19.4 Å². The van der Waals surface area contributed by atoms with Gasteiger partial charge >= 0.3 is 11.9 Å². The predicted molar refractivity (Wildman–Crippen MR) is 45.1 cm³/mol. The van der Waals surface area contributed by atoms with Gasteiger partial charge in [-0.15, -0.1) is 0 Å². The lowest BCUT2D eigenvalue weighted by atomic mass is 9.88. The summed E-state index contributed by atoms with van der Waals surface area (Å²) >= 11 is 0. The zero-order valence-electron chi connectivity index (χ0n) is 7.87. The topological polar surface area (TPSA) is 63.6 Å². The highest BCUT2D eigenvalue weighted by Gasteiger charge is 2.44. The molecular formula is C9H14O4. The molecule has 0 unspecified atom stereocenters. The van der Waals surface area contributed by atoms with E-state index in [1.165, 1.54) is 7.11 Å². The molecule has 0 radical (unpaired) electrons. The quantitative estimate of drug-likeness (QED) is 0.655. The first kappa shape index (κ1) is 10.0. The van der Waals surface area contributed by atoms with E-state index in [1.54, 1.807) is 6.92 Å². The van der Waals surface area contributed by atoms with Gasteiger partial charge in [0.1, 0.15) is 0 Å². The van der Waals surface area contributed by atoms with Crippen molar-refractivity contribution in [1.82, 2.24) is 0 Å². The van der Waals surface area contributed by atoms with Crippen LogP contribution >= 0.6 is 0 Å². The number of rotatable bonds is 2. The molecule has 0 aromatic carbocycles. The molecular weight excluding hydrogens is 172 g/mol. The molecule has 0 aromatic heterocycles. The van der Waals surface area contributed by atoms with Crippen LogP contribution < -0.4 is 0 Å². The fraction of sp³-hybridized carbons (Fsp3) is 0.778. The molecule has 4 nitrogen and oxygen atoms in total. The van der Waals surface area contributed by atoms with E-state index in [-0.39, 0.29) is 11.9 Å². The van der Waals surface area contributed by atoms with Crippen LogP contribution in [0.15, 0.2) is 0 Å². The Morgan fingerprint density at radius 3 is 2.54 bits per heavy atom. The second-order valence-electron chi connectivity index (χ2n) is 3.83. The van der Waals surface area contributed by atoms with Crippen LogP contribution in [0.3, 0.4) is 0 Å². The minimum absolute atomic E-state index is 0.295. The average molecular weight is 186 g/mol. The van der Waals surface area contributed by atoms with Gasteiger partial charge in [-0.3, -0.25) is 9.59 Å². The maximum Gasteiger partial charge on any atom is 0.311 e. The summed E-state index contributed by atoms with van der Waals surface area (Å²) in [7, 11) is 1.33. The Morgan fingerprint density at radius 1 is 1.54 bits per heavy atom. The van der Waals surface area contributed by atoms with Crippen LogP contribution in [0.4, 0.5) is 0 Å². The highest BCUT2D eigenvalue weighted by atomic mass is 16.5. The SMILES string of the molecule is COC(=O)[C@@]1(C)CC[C@@H](C(=O)O)C1. The minimum atomic E-state index is -0.812. The molecule has 1 saturated carbocycles. The molecule has 0 bridgehead atoms. The Kier molecular flexibility index (Phi) is 2.59. The van der Waals surface area contributed by atoms with Crippen molar-refractivity contribution in [3.8, 4) is 0 Å². The molecule has 1 fully saturated rings. The van der Waals surface area contributed by atoms with Crippen LogP contribution in [0.2, 0.25) is 0 Å². The first-order chi connectivity index (χ1) is 5.99. The van der Waals surface area contributed by atoms with Crippen LogP contribution in [-0.4, -0.2) is 24.2 Å². The monoisotopic (exact) mass is 186 g/mol. The van der Waals surface area contributed by atoms with Gasteiger partial charge in [-0.1, -0.05) is 0 Å². The second-order valence-corrected chi connectivity index (χ2v) is 3.83. The molecule has 74 valence electrons. The van der Waals surface area contributed by atoms with Crippen molar-refractivity contribution in [2.45, 2.75) is 26.2 Å². The molecule has 13 heavy (non-hydrogen) atoms. The Balaban J connectivity index is 2.66. The lowest BCUT2D eigenvalue weighted by molar-refractivity contribution is -0.152. The van der Waals surface area contributed by atoms with Crippen LogP contribution in [0.5, 0.6) is 0 Å². The number of carbonyl (C=O) groups excluding carboxylic acids is 1. The largest absolute Gasteiger partial charge is 0.481 e. The number of hydrogen-bond acceptors (Lipinski definition) is 3. The van der Waals surface area contributed by atoms with Gasteiger partial charge in [0.25, 0.3) is 0 Å². The van der Waals surface area contributed by atoms with Crippen LogP contribution in [0.1, 0.15) is 26.2 Å². The molecule has 0 heterocycles. The number of carboxylic acids is 1. The number of hydrogen-bond donors (Lipinski definition) is 1. The van der Waals surface area contributed by atoms with Crippen LogP contribution in [0, 0.1) is 11.3 Å². The smallest absolute Gasteiger partial charge is 0.311 e. The van der Waals surface area contributed by atoms with E-state index in [4.69, 9.17) is 5.11 Å². The minimum Gasteiger partial charge on any atom is -0.481 e. The molecule has 0 aliphatic heterocycles. The third-order valence-corrected chi connectivity index (χ3v) is 2.77. The van der Waals surface area contributed by atoms with Crippen molar-refractivity contribution >= 4 is 11.9 Å². The summed E-state index contributed by atoms with van der Waals surface area (Å²) in [6.07, 6.45) is 1.58. The average Bonchev–Trinajstić information content (AvgIpc) is 2.48. The zero-order valence-corrected chi connectivity index (χ0v) is 7.87. The van der Waals surface area contributed by atoms with E-state index < -0.39 is 11.4 Å². The van der Waals surface area contributed by atoms with E-state index in [0.29, 0.717) is 19.3 Å². The number of carboxylic acid groups (broad SMARTS) is 1. The van der Waals surface area contributed by atoms with Gasteiger partial charge in [-0.2, -0.15) is 0 Å². The van der Waals surface area contributed by atoms with Gasteiger partial charge in [-0.05, 0) is 26.2 Å². The number of carbonyl (C=O) groups is 2. The highest BCUT2D eigenvalue weighted by molar-refractivity contribution is 5.79. The summed E-state index contributed by atoms with van der Waals surface area (Å²) in [5.41, 5.74) is -0.586. The molecule has 1 rings (SSSR count). The summed E-state index contributed by atoms with van der Waals surface area (Å²) in [5, 5.41) is 8.75.